The van der Waals surface area contributed by atoms with E-state index in [1.807, 2.05) is 12.1 Å². The average molecular weight is 329 g/mol. The fourth-order valence-electron chi connectivity index (χ4n) is 3.62. The molecule has 116 valence electrons. The maximum absolute atomic E-state index is 6.36. The van der Waals surface area contributed by atoms with Gasteiger partial charge in [0, 0.05) is 24.2 Å². The molecule has 3 nitrogen and oxygen atoms in total. The molecule has 0 aliphatic carbocycles. The normalized spacial score (nSPS) is 21.9. The molecular weight excluding hydrogens is 307 g/mol. The van der Waals surface area contributed by atoms with Gasteiger partial charge >= 0.3 is 0 Å². The van der Waals surface area contributed by atoms with Gasteiger partial charge in [-0.05, 0) is 55.9 Å². The summed E-state index contributed by atoms with van der Waals surface area (Å²) in [6.45, 7) is 5.51. The SMILES string of the molecule is COc1cc(Cl)c(CN2CCC3(CCNCC3)C2)cc1Cl. The van der Waals surface area contributed by atoms with E-state index in [1.165, 1.54) is 25.8 Å². The molecule has 1 aromatic carbocycles. The summed E-state index contributed by atoms with van der Waals surface area (Å²) >= 11 is 12.6. The number of hydrogen-bond acceptors (Lipinski definition) is 3. The predicted octanol–water partition coefficient (Wildman–Crippen LogP) is 3.58. The quantitative estimate of drug-likeness (QED) is 0.917. The van der Waals surface area contributed by atoms with E-state index in [2.05, 4.69) is 10.2 Å². The lowest BCUT2D eigenvalue weighted by molar-refractivity contribution is 0.194. The van der Waals surface area contributed by atoms with Gasteiger partial charge in [-0.1, -0.05) is 23.2 Å². The van der Waals surface area contributed by atoms with E-state index < -0.39 is 0 Å². The Morgan fingerprint density at radius 1 is 1.19 bits per heavy atom. The maximum Gasteiger partial charge on any atom is 0.138 e. The molecule has 0 amide bonds. The van der Waals surface area contributed by atoms with Gasteiger partial charge in [-0.3, -0.25) is 4.90 Å². The van der Waals surface area contributed by atoms with Gasteiger partial charge in [-0.15, -0.1) is 0 Å². The van der Waals surface area contributed by atoms with Crippen molar-refractivity contribution >= 4 is 23.2 Å². The molecule has 1 aromatic rings. The Labute approximate surface area is 136 Å². The van der Waals surface area contributed by atoms with Crippen LogP contribution in [0.2, 0.25) is 10.0 Å². The molecule has 2 fully saturated rings. The monoisotopic (exact) mass is 328 g/mol. The molecule has 2 heterocycles. The lowest BCUT2D eigenvalue weighted by atomic mass is 9.78. The highest BCUT2D eigenvalue weighted by Gasteiger charge is 2.38. The smallest absolute Gasteiger partial charge is 0.138 e. The van der Waals surface area contributed by atoms with Crippen LogP contribution < -0.4 is 10.1 Å². The minimum absolute atomic E-state index is 0.522. The van der Waals surface area contributed by atoms with Gasteiger partial charge in [0.2, 0.25) is 0 Å². The van der Waals surface area contributed by atoms with E-state index in [-0.39, 0.29) is 0 Å². The lowest BCUT2D eigenvalue weighted by Crippen LogP contribution is -2.38. The van der Waals surface area contributed by atoms with Gasteiger partial charge < -0.3 is 10.1 Å². The second-order valence-corrected chi connectivity index (χ2v) is 7.10. The third kappa shape index (κ3) is 3.31. The van der Waals surface area contributed by atoms with Gasteiger partial charge in [0.25, 0.3) is 0 Å². The van der Waals surface area contributed by atoms with Crippen LogP contribution in [-0.4, -0.2) is 38.2 Å². The molecule has 21 heavy (non-hydrogen) atoms. The van der Waals surface area contributed by atoms with E-state index in [9.17, 15) is 0 Å². The van der Waals surface area contributed by atoms with Crippen molar-refractivity contribution in [2.75, 3.05) is 33.3 Å². The fourth-order valence-corrected chi connectivity index (χ4v) is 4.09. The zero-order valence-electron chi connectivity index (χ0n) is 12.4. The summed E-state index contributed by atoms with van der Waals surface area (Å²) in [7, 11) is 1.61. The molecule has 0 saturated carbocycles. The van der Waals surface area contributed by atoms with Crippen LogP contribution in [0.5, 0.6) is 5.75 Å². The van der Waals surface area contributed by atoms with Crippen molar-refractivity contribution in [3.63, 3.8) is 0 Å². The zero-order valence-corrected chi connectivity index (χ0v) is 13.9. The van der Waals surface area contributed by atoms with Gasteiger partial charge in [-0.25, -0.2) is 0 Å². The molecular formula is C16H22Cl2N2O. The van der Waals surface area contributed by atoms with Crippen LogP contribution in [0.3, 0.4) is 0 Å². The van der Waals surface area contributed by atoms with Crippen molar-refractivity contribution in [3.05, 3.63) is 27.7 Å². The number of ether oxygens (including phenoxy) is 1. The van der Waals surface area contributed by atoms with E-state index in [1.54, 1.807) is 7.11 Å². The summed E-state index contributed by atoms with van der Waals surface area (Å²) < 4.78 is 5.20. The molecule has 1 spiro atoms. The number of nitrogens with zero attached hydrogens (tertiary/aromatic N) is 1. The van der Waals surface area contributed by atoms with Crippen LogP contribution in [0, 0.1) is 5.41 Å². The van der Waals surface area contributed by atoms with Crippen LogP contribution in [0.1, 0.15) is 24.8 Å². The number of benzene rings is 1. The van der Waals surface area contributed by atoms with Crippen molar-refractivity contribution in [1.29, 1.82) is 0 Å². The van der Waals surface area contributed by atoms with E-state index >= 15 is 0 Å². The summed E-state index contributed by atoms with van der Waals surface area (Å²) in [6, 6.07) is 3.76. The molecule has 2 aliphatic rings. The number of halogens is 2. The maximum atomic E-state index is 6.36. The minimum Gasteiger partial charge on any atom is -0.495 e. The summed E-state index contributed by atoms with van der Waals surface area (Å²) in [4.78, 5) is 2.51. The topological polar surface area (TPSA) is 24.5 Å². The number of rotatable bonds is 3. The molecule has 0 bridgehead atoms. The first-order chi connectivity index (χ1) is 10.1. The van der Waals surface area contributed by atoms with Crippen molar-refractivity contribution < 1.29 is 4.74 Å². The highest BCUT2D eigenvalue weighted by atomic mass is 35.5. The minimum atomic E-state index is 0.522. The number of methoxy groups -OCH3 is 1. The molecule has 0 unspecified atom stereocenters. The summed E-state index contributed by atoms with van der Waals surface area (Å²) in [6.07, 6.45) is 3.89. The van der Waals surface area contributed by atoms with Gasteiger partial charge in [-0.2, -0.15) is 0 Å². The first-order valence-corrected chi connectivity index (χ1v) is 8.32. The van der Waals surface area contributed by atoms with Gasteiger partial charge in [0.05, 0.1) is 12.1 Å². The van der Waals surface area contributed by atoms with Crippen LogP contribution in [0.4, 0.5) is 0 Å². The first-order valence-electron chi connectivity index (χ1n) is 7.57. The van der Waals surface area contributed by atoms with Crippen molar-refractivity contribution in [3.8, 4) is 5.75 Å². The second-order valence-electron chi connectivity index (χ2n) is 6.29. The molecule has 5 heteroatoms. The number of piperidine rings is 1. The second kappa shape index (κ2) is 6.33. The number of nitrogens with one attached hydrogen (secondary N) is 1. The Morgan fingerprint density at radius 3 is 2.67 bits per heavy atom. The largest absolute Gasteiger partial charge is 0.495 e. The average Bonchev–Trinajstić information content (AvgIpc) is 2.86. The molecule has 2 saturated heterocycles. The summed E-state index contributed by atoms with van der Waals surface area (Å²) in [5, 5.41) is 4.83. The number of hydrogen-bond donors (Lipinski definition) is 1. The Kier molecular flexibility index (Phi) is 4.65. The standard InChI is InChI=1S/C16H22Cl2N2O/c1-21-15-9-13(17)12(8-14(15)18)10-20-7-4-16(11-20)2-5-19-6-3-16/h8-9,19H,2-7,10-11H2,1H3. The van der Waals surface area contributed by atoms with Gasteiger partial charge in [0.1, 0.15) is 5.75 Å². The van der Waals surface area contributed by atoms with Crippen LogP contribution in [-0.2, 0) is 6.54 Å². The van der Waals surface area contributed by atoms with Crippen molar-refractivity contribution in [1.82, 2.24) is 10.2 Å². The van der Waals surface area contributed by atoms with E-state index in [0.29, 0.717) is 16.2 Å². The van der Waals surface area contributed by atoms with Crippen molar-refractivity contribution in [2.24, 2.45) is 5.41 Å². The predicted molar refractivity (Wildman–Crippen MR) is 87.4 cm³/mol. The van der Waals surface area contributed by atoms with Crippen molar-refractivity contribution in [2.45, 2.75) is 25.8 Å². The Hall–Kier alpha value is -0.480. The summed E-state index contributed by atoms with van der Waals surface area (Å²) in [5.41, 5.74) is 1.61. The fraction of sp³-hybridized carbons (Fsp3) is 0.625. The highest BCUT2D eigenvalue weighted by Crippen LogP contribution is 2.40. The van der Waals surface area contributed by atoms with Gasteiger partial charge in [0.15, 0.2) is 0 Å². The lowest BCUT2D eigenvalue weighted by Gasteiger charge is -2.34. The zero-order chi connectivity index (χ0) is 14.9. The molecule has 0 atom stereocenters. The molecule has 0 aromatic heterocycles. The Morgan fingerprint density at radius 2 is 1.95 bits per heavy atom. The third-order valence-corrected chi connectivity index (χ3v) is 5.54. The van der Waals surface area contributed by atoms with Crippen LogP contribution in [0.15, 0.2) is 12.1 Å². The highest BCUT2D eigenvalue weighted by molar-refractivity contribution is 6.34. The van der Waals surface area contributed by atoms with E-state index in [4.69, 9.17) is 27.9 Å². The molecule has 0 radical (unpaired) electrons. The van der Waals surface area contributed by atoms with Crippen LogP contribution >= 0.6 is 23.2 Å². The Bertz CT molecular complexity index is 515. The van der Waals surface area contributed by atoms with Crippen LogP contribution in [0.25, 0.3) is 0 Å². The molecule has 1 N–H and O–H groups in total. The van der Waals surface area contributed by atoms with E-state index in [0.717, 1.165) is 36.8 Å². The number of likely N-dealkylation sites (tertiary alicyclic amines) is 1. The molecule has 2 aliphatic heterocycles. The Balaban J connectivity index is 1.69. The summed E-state index contributed by atoms with van der Waals surface area (Å²) in [5.74, 6) is 0.640. The first kappa shape index (κ1) is 15.4. The third-order valence-electron chi connectivity index (χ3n) is 4.90. The molecule has 3 rings (SSSR count).